The Morgan fingerprint density at radius 1 is 1.18 bits per heavy atom. The molecule has 1 aliphatic rings. The number of thiophene rings is 1. The van der Waals surface area contributed by atoms with E-state index < -0.39 is 0 Å². The van der Waals surface area contributed by atoms with Crippen LogP contribution in [0.15, 0.2) is 30.3 Å². The minimum atomic E-state index is 0.0894. The second-order valence-corrected chi connectivity index (χ2v) is 6.62. The average molecular weight is 312 g/mol. The van der Waals surface area contributed by atoms with Gasteiger partial charge in [-0.1, -0.05) is 12.1 Å². The van der Waals surface area contributed by atoms with Gasteiger partial charge in [0, 0.05) is 23.9 Å². The second-order valence-electron chi connectivity index (χ2n) is 5.59. The van der Waals surface area contributed by atoms with Crippen LogP contribution in [0.3, 0.4) is 0 Å². The highest BCUT2D eigenvalue weighted by atomic mass is 32.1. The van der Waals surface area contributed by atoms with Gasteiger partial charge in [0.1, 0.15) is 4.83 Å². The Hall–Kier alpha value is -1.98. The van der Waals surface area contributed by atoms with E-state index in [4.69, 9.17) is 9.72 Å². The largest absolute Gasteiger partial charge is 0.378 e. The fourth-order valence-corrected chi connectivity index (χ4v) is 3.75. The lowest BCUT2D eigenvalue weighted by Gasteiger charge is -2.26. The Morgan fingerprint density at radius 3 is 2.82 bits per heavy atom. The van der Waals surface area contributed by atoms with Gasteiger partial charge in [-0.2, -0.15) is 0 Å². The number of benzene rings is 1. The number of rotatable bonds is 1. The van der Waals surface area contributed by atoms with E-state index in [0.29, 0.717) is 26.3 Å². The van der Waals surface area contributed by atoms with Crippen molar-refractivity contribution in [2.24, 2.45) is 0 Å². The quantitative estimate of drug-likeness (QED) is 0.693. The molecule has 0 radical (unpaired) electrons. The average Bonchev–Trinajstić information content (AvgIpc) is 2.95. The summed E-state index contributed by atoms with van der Waals surface area (Å²) >= 11 is 1.48. The first-order valence-electron chi connectivity index (χ1n) is 7.39. The van der Waals surface area contributed by atoms with E-state index in [1.54, 1.807) is 0 Å². The molecule has 112 valence electrons. The highest BCUT2D eigenvalue weighted by Gasteiger charge is 2.20. The number of nitrogens with zero attached hydrogens (tertiary/aromatic N) is 2. The number of carbonyl (C=O) groups is 1. The normalized spacial score (nSPS) is 15.6. The van der Waals surface area contributed by atoms with Crippen molar-refractivity contribution >= 4 is 38.4 Å². The first-order chi connectivity index (χ1) is 10.7. The summed E-state index contributed by atoms with van der Waals surface area (Å²) in [6.45, 7) is 4.65. The third-order valence-electron chi connectivity index (χ3n) is 3.97. The maximum Gasteiger partial charge on any atom is 0.264 e. The Bertz CT molecular complexity index is 866. The van der Waals surface area contributed by atoms with Crippen LogP contribution in [0, 0.1) is 6.92 Å². The second kappa shape index (κ2) is 5.34. The molecule has 22 heavy (non-hydrogen) atoms. The Balaban J connectivity index is 1.76. The molecule has 5 heteroatoms. The van der Waals surface area contributed by atoms with Crippen LogP contribution in [0.25, 0.3) is 21.1 Å². The molecule has 0 saturated carbocycles. The molecule has 1 fully saturated rings. The van der Waals surface area contributed by atoms with Crippen molar-refractivity contribution in [2.75, 3.05) is 26.3 Å². The molecule has 1 saturated heterocycles. The molecule has 4 rings (SSSR count). The third-order valence-corrected chi connectivity index (χ3v) is 5.00. The number of ether oxygens (including phenoxy) is 1. The van der Waals surface area contributed by atoms with Crippen molar-refractivity contribution < 1.29 is 9.53 Å². The number of carbonyl (C=O) groups excluding carboxylic acids is 1. The first-order valence-corrected chi connectivity index (χ1v) is 8.20. The smallest absolute Gasteiger partial charge is 0.264 e. The molecule has 3 heterocycles. The first kappa shape index (κ1) is 13.7. The van der Waals surface area contributed by atoms with E-state index in [1.807, 2.05) is 11.0 Å². The molecule has 0 atom stereocenters. The summed E-state index contributed by atoms with van der Waals surface area (Å²) in [6, 6.07) is 10.3. The number of morpholine rings is 1. The van der Waals surface area contributed by atoms with Crippen LogP contribution in [-0.2, 0) is 4.74 Å². The molecule has 0 N–H and O–H groups in total. The maximum atomic E-state index is 12.6. The van der Waals surface area contributed by atoms with Crippen LogP contribution in [0.4, 0.5) is 0 Å². The van der Waals surface area contributed by atoms with Gasteiger partial charge in [0.2, 0.25) is 0 Å². The fourth-order valence-electron chi connectivity index (χ4n) is 2.76. The monoisotopic (exact) mass is 312 g/mol. The third kappa shape index (κ3) is 2.36. The fraction of sp³-hybridized carbons (Fsp3) is 0.294. The molecular weight excluding hydrogens is 296 g/mol. The molecule has 3 aromatic rings. The van der Waals surface area contributed by atoms with Crippen LogP contribution in [0.5, 0.6) is 0 Å². The van der Waals surface area contributed by atoms with Crippen molar-refractivity contribution in [1.29, 1.82) is 0 Å². The number of amides is 1. The molecule has 0 unspecified atom stereocenters. The van der Waals surface area contributed by atoms with Crippen molar-refractivity contribution in [3.63, 3.8) is 0 Å². The molecule has 0 aliphatic carbocycles. The summed E-state index contributed by atoms with van der Waals surface area (Å²) in [7, 11) is 0. The molecule has 0 bridgehead atoms. The van der Waals surface area contributed by atoms with Gasteiger partial charge in [0.05, 0.1) is 23.6 Å². The summed E-state index contributed by atoms with van der Waals surface area (Å²) in [4.78, 5) is 20.8. The number of hydrogen-bond acceptors (Lipinski definition) is 4. The lowest BCUT2D eigenvalue weighted by Crippen LogP contribution is -2.40. The van der Waals surface area contributed by atoms with Crippen LogP contribution in [0.1, 0.15) is 15.2 Å². The van der Waals surface area contributed by atoms with Gasteiger partial charge in [-0.05, 0) is 30.7 Å². The van der Waals surface area contributed by atoms with Gasteiger partial charge in [-0.3, -0.25) is 4.79 Å². The minimum Gasteiger partial charge on any atom is -0.378 e. The van der Waals surface area contributed by atoms with Gasteiger partial charge >= 0.3 is 0 Å². The van der Waals surface area contributed by atoms with E-state index in [1.165, 1.54) is 16.9 Å². The van der Waals surface area contributed by atoms with Gasteiger partial charge in [-0.25, -0.2) is 4.98 Å². The number of hydrogen-bond donors (Lipinski definition) is 0. The van der Waals surface area contributed by atoms with Crippen LogP contribution < -0.4 is 0 Å². The van der Waals surface area contributed by atoms with Crippen LogP contribution >= 0.6 is 11.3 Å². The highest BCUT2D eigenvalue weighted by Crippen LogP contribution is 2.28. The Labute approximate surface area is 132 Å². The van der Waals surface area contributed by atoms with Crippen molar-refractivity contribution in [1.82, 2.24) is 9.88 Å². The van der Waals surface area contributed by atoms with Gasteiger partial charge in [0.25, 0.3) is 5.91 Å². The number of pyridine rings is 1. The van der Waals surface area contributed by atoms with Crippen molar-refractivity contribution in [2.45, 2.75) is 6.92 Å². The maximum absolute atomic E-state index is 12.6. The highest BCUT2D eigenvalue weighted by molar-refractivity contribution is 7.20. The standard InChI is InChI=1S/C17H16N2O2S/c1-11-2-3-12-9-13-10-15(22-16(13)18-14(12)8-11)17(20)19-4-6-21-7-5-19/h2-3,8-10H,4-7H2,1H3. The summed E-state index contributed by atoms with van der Waals surface area (Å²) in [5.41, 5.74) is 2.18. The molecule has 1 aromatic carbocycles. The van der Waals surface area contributed by atoms with Crippen molar-refractivity contribution in [3.05, 3.63) is 40.8 Å². The molecule has 4 nitrogen and oxygen atoms in total. The molecular formula is C17H16N2O2S. The zero-order valence-electron chi connectivity index (χ0n) is 12.3. The minimum absolute atomic E-state index is 0.0894. The summed E-state index contributed by atoms with van der Waals surface area (Å²) in [5, 5.41) is 2.15. The predicted molar refractivity (Wildman–Crippen MR) is 88.6 cm³/mol. The lowest BCUT2D eigenvalue weighted by atomic mass is 10.1. The van der Waals surface area contributed by atoms with Crippen LogP contribution in [-0.4, -0.2) is 42.1 Å². The molecule has 1 amide bonds. The number of aryl methyl sites for hydroxylation is 1. The van der Waals surface area contributed by atoms with E-state index in [9.17, 15) is 4.79 Å². The van der Waals surface area contributed by atoms with Crippen molar-refractivity contribution in [3.8, 4) is 0 Å². The van der Waals surface area contributed by atoms with Gasteiger partial charge in [-0.15, -0.1) is 11.3 Å². The number of aromatic nitrogens is 1. The molecule has 2 aromatic heterocycles. The zero-order valence-corrected chi connectivity index (χ0v) is 13.2. The molecule has 0 spiro atoms. The van der Waals surface area contributed by atoms with E-state index >= 15 is 0 Å². The Kier molecular flexibility index (Phi) is 3.32. The van der Waals surface area contributed by atoms with Gasteiger partial charge < -0.3 is 9.64 Å². The topological polar surface area (TPSA) is 42.4 Å². The SMILES string of the molecule is Cc1ccc2cc3cc(C(=O)N4CCOCC4)sc3nc2c1. The number of fused-ring (bicyclic) bond motifs is 2. The lowest BCUT2D eigenvalue weighted by molar-refractivity contribution is 0.0306. The Morgan fingerprint density at radius 2 is 2.00 bits per heavy atom. The summed E-state index contributed by atoms with van der Waals surface area (Å²) in [5.74, 6) is 0.0894. The summed E-state index contributed by atoms with van der Waals surface area (Å²) < 4.78 is 5.31. The van der Waals surface area contributed by atoms with E-state index in [2.05, 4.69) is 31.2 Å². The van der Waals surface area contributed by atoms with Gasteiger partial charge in [0.15, 0.2) is 0 Å². The zero-order chi connectivity index (χ0) is 15.1. The van der Waals surface area contributed by atoms with E-state index in [-0.39, 0.29) is 5.91 Å². The van der Waals surface area contributed by atoms with Crippen LogP contribution in [0.2, 0.25) is 0 Å². The predicted octanol–water partition coefficient (Wildman–Crippen LogP) is 3.23. The molecule has 1 aliphatic heterocycles. The van der Waals surface area contributed by atoms with E-state index in [0.717, 1.165) is 26.0 Å². The summed E-state index contributed by atoms with van der Waals surface area (Å²) in [6.07, 6.45) is 0.